The lowest BCUT2D eigenvalue weighted by Crippen LogP contribution is -2.29. The van der Waals surface area contributed by atoms with Gasteiger partial charge in [-0.05, 0) is 12.1 Å². The molecule has 1 aromatic heterocycles. The summed E-state index contributed by atoms with van der Waals surface area (Å²) in [4.78, 5) is 14.9. The molecule has 0 aromatic carbocycles. The fourth-order valence-electron chi connectivity index (χ4n) is 1.21. The van der Waals surface area contributed by atoms with Crippen LogP contribution >= 0.6 is 0 Å². The third-order valence-corrected chi connectivity index (χ3v) is 2.15. The molecule has 0 aliphatic carbocycles. The SMILES string of the molecule is COC(=O)C(O)C(O)c1ccc(N)c(OC)n1. The van der Waals surface area contributed by atoms with E-state index in [0.29, 0.717) is 0 Å². The molecule has 0 saturated carbocycles. The van der Waals surface area contributed by atoms with Crippen LogP contribution < -0.4 is 10.5 Å². The topological polar surface area (TPSA) is 115 Å². The summed E-state index contributed by atoms with van der Waals surface area (Å²) in [6.07, 6.45) is -3.21. The average molecular weight is 242 g/mol. The molecule has 7 nitrogen and oxygen atoms in total. The van der Waals surface area contributed by atoms with E-state index in [1.807, 2.05) is 0 Å². The first-order valence-corrected chi connectivity index (χ1v) is 4.75. The molecule has 94 valence electrons. The monoisotopic (exact) mass is 242 g/mol. The fourth-order valence-corrected chi connectivity index (χ4v) is 1.21. The van der Waals surface area contributed by atoms with Gasteiger partial charge in [-0.15, -0.1) is 0 Å². The number of methoxy groups -OCH3 is 2. The van der Waals surface area contributed by atoms with Gasteiger partial charge in [0.25, 0.3) is 0 Å². The number of carbonyl (C=O) groups is 1. The van der Waals surface area contributed by atoms with E-state index in [-0.39, 0.29) is 17.3 Å². The zero-order chi connectivity index (χ0) is 13.0. The van der Waals surface area contributed by atoms with Crippen LogP contribution in [0.15, 0.2) is 12.1 Å². The minimum absolute atomic E-state index is 0.0638. The van der Waals surface area contributed by atoms with Crippen molar-refractivity contribution in [1.82, 2.24) is 4.98 Å². The molecule has 0 bridgehead atoms. The molecular formula is C10H14N2O5. The van der Waals surface area contributed by atoms with Gasteiger partial charge in [0.05, 0.1) is 25.6 Å². The highest BCUT2D eigenvalue weighted by Gasteiger charge is 2.28. The van der Waals surface area contributed by atoms with Crippen LogP contribution in [0.5, 0.6) is 5.88 Å². The number of rotatable bonds is 4. The Morgan fingerprint density at radius 2 is 2.06 bits per heavy atom. The van der Waals surface area contributed by atoms with E-state index in [1.165, 1.54) is 19.2 Å². The van der Waals surface area contributed by atoms with Crippen molar-refractivity contribution in [2.75, 3.05) is 20.0 Å². The van der Waals surface area contributed by atoms with Crippen LogP contribution in [0.2, 0.25) is 0 Å². The molecule has 0 spiro atoms. The van der Waals surface area contributed by atoms with Crippen LogP contribution in [0.1, 0.15) is 11.8 Å². The van der Waals surface area contributed by atoms with E-state index in [0.717, 1.165) is 7.11 Å². The second kappa shape index (κ2) is 5.46. The number of nitrogens with two attached hydrogens (primary N) is 1. The maximum absolute atomic E-state index is 11.0. The number of pyridine rings is 1. The molecule has 0 fully saturated rings. The maximum Gasteiger partial charge on any atom is 0.337 e. The Balaban J connectivity index is 2.96. The third-order valence-electron chi connectivity index (χ3n) is 2.15. The Labute approximate surface area is 97.8 Å². The van der Waals surface area contributed by atoms with Crippen LogP contribution in [0, 0.1) is 0 Å². The summed E-state index contributed by atoms with van der Waals surface area (Å²) in [5.41, 5.74) is 5.89. The number of nitrogens with zero attached hydrogens (tertiary/aromatic N) is 1. The van der Waals surface area contributed by atoms with Crippen LogP contribution in [0.25, 0.3) is 0 Å². The number of nitrogen functional groups attached to an aromatic ring is 1. The second-order valence-corrected chi connectivity index (χ2v) is 3.25. The highest BCUT2D eigenvalue weighted by atomic mass is 16.5. The van der Waals surface area contributed by atoms with Crippen molar-refractivity contribution in [1.29, 1.82) is 0 Å². The zero-order valence-electron chi connectivity index (χ0n) is 9.45. The molecule has 7 heteroatoms. The van der Waals surface area contributed by atoms with Crippen molar-refractivity contribution < 1.29 is 24.5 Å². The lowest BCUT2D eigenvalue weighted by molar-refractivity contribution is -0.157. The lowest BCUT2D eigenvalue weighted by Gasteiger charge is -2.16. The predicted molar refractivity (Wildman–Crippen MR) is 58.2 cm³/mol. The fraction of sp³-hybridized carbons (Fsp3) is 0.400. The molecule has 0 aliphatic rings. The minimum Gasteiger partial charge on any atom is -0.480 e. The Morgan fingerprint density at radius 1 is 1.41 bits per heavy atom. The van der Waals surface area contributed by atoms with Crippen LogP contribution in [-0.4, -0.2) is 41.5 Å². The van der Waals surface area contributed by atoms with E-state index < -0.39 is 18.2 Å². The standard InChI is InChI=1S/C10H14N2O5/c1-16-9-5(11)3-4-6(12-9)7(13)8(14)10(15)17-2/h3-4,7-8,13-14H,11H2,1-2H3. The molecule has 1 heterocycles. The Hall–Kier alpha value is -1.86. The number of aliphatic hydroxyl groups is 2. The summed E-state index contributed by atoms with van der Waals surface area (Å²) in [6, 6.07) is 2.84. The number of esters is 1. The average Bonchev–Trinajstić information content (AvgIpc) is 2.36. The number of hydrogen-bond donors (Lipinski definition) is 3. The van der Waals surface area contributed by atoms with E-state index in [2.05, 4.69) is 9.72 Å². The lowest BCUT2D eigenvalue weighted by atomic mass is 10.1. The molecule has 2 unspecified atom stereocenters. The van der Waals surface area contributed by atoms with Gasteiger partial charge in [0.15, 0.2) is 6.10 Å². The quantitative estimate of drug-likeness (QED) is 0.594. The van der Waals surface area contributed by atoms with Crippen molar-refractivity contribution in [3.05, 3.63) is 17.8 Å². The number of aliphatic hydroxyl groups excluding tert-OH is 2. The Bertz CT molecular complexity index is 410. The zero-order valence-corrected chi connectivity index (χ0v) is 9.45. The highest BCUT2D eigenvalue weighted by molar-refractivity contribution is 5.75. The molecule has 17 heavy (non-hydrogen) atoms. The first-order valence-electron chi connectivity index (χ1n) is 4.75. The summed E-state index contributed by atoms with van der Waals surface area (Å²) in [5.74, 6) is -0.839. The van der Waals surface area contributed by atoms with Crippen molar-refractivity contribution >= 4 is 11.7 Å². The van der Waals surface area contributed by atoms with E-state index in [9.17, 15) is 15.0 Å². The van der Waals surface area contributed by atoms with E-state index in [4.69, 9.17) is 10.5 Å². The second-order valence-electron chi connectivity index (χ2n) is 3.25. The van der Waals surface area contributed by atoms with Crippen LogP contribution in [0.4, 0.5) is 5.69 Å². The smallest absolute Gasteiger partial charge is 0.337 e. The number of carbonyl (C=O) groups excluding carboxylic acids is 1. The van der Waals surface area contributed by atoms with Gasteiger partial charge < -0.3 is 25.4 Å². The van der Waals surface area contributed by atoms with Gasteiger partial charge in [-0.25, -0.2) is 9.78 Å². The van der Waals surface area contributed by atoms with Crippen LogP contribution in [0.3, 0.4) is 0 Å². The predicted octanol–water partition coefficient (Wildman–Crippen LogP) is -0.760. The third kappa shape index (κ3) is 2.83. The molecule has 2 atom stereocenters. The summed E-state index contributed by atoms with van der Waals surface area (Å²) in [5, 5.41) is 19.1. The number of aromatic nitrogens is 1. The van der Waals surface area contributed by atoms with Gasteiger partial charge in [0, 0.05) is 0 Å². The van der Waals surface area contributed by atoms with Crippen molar-refractivity contribution in [3.63, 3.8) is 0 Å². The number of hydrogen-bond acceptors (Lipinski definition) is 7. The summed E-state index contributed by atoms with van der Waals surface area (Å²) in [6.45, 7) is 0. The molecule has 1 aromatic rings. The Kier molecular flexibility index (Phi) is 4.24. The normalized spacial score (nSPS) is 13.9. The van der Waals surface area contributed by atoms with Crippen LogP contribution in [-0.2, 0) is 9.53 Å². The van der Waals surface area contributed by atoms with Gasteiger partial charge >= 0.3 is 5.97 Å². The van der Waals surface area contributed by atoms with Crippen molar-refractivity contribution in [2.24, 2.45) is 0 Å². The number of anilines is 1. The first kappa shape index (κ1) is 13.2. The molecular weight excluding hydrogens is 228 g/mol. The molecule has 0 amide bonds. The first-order chi connectivity index (χ1) is 8.01. The molecule has 0 aliphatic heterocycles. The van der Waals surface area contributed by atoms with Crippen molar-refractivity contribution in [2.45, 2.75) is 12.2 Å². The summed E-state index contributed by atoms with van der Waals surface area (Å²) in [7, 11) is 2.47. The van der Waals surface area contributed by atoms with E-state index in [1.54, 1.807) is 0 Å². The van der Waals surface area contributed by atoms with E-state index >= 15 is 0 Å². The van der Waals surface area contributed by atoms with Crippen molar-refractivity contribution in [3.8, 4) is 5.88 Å². The molecule has 0 radical (unpaired) electrons. The van der Waals surface area contributed by atoms with Gasteiger partial charge in [0.1, 0.15) is 6.10 Å². The highest BCUT2D eigenvalue weighted by Crippen LogP contribution is 2.23. The van der Waals surface area contributed by atoms with Gasteiger partial charge in [-0.2, -0.15) is 0 Å². The maximum atomic E-state index is 11.0. The summed E-state index contributed by atoms with van der Waals surface area (Å²) < 4.78 is 9.16. The molecule has 4 N–H and O–H groups in total. The minimum atomic E-state index is -1.71. The summed E-state index contributed by atoms with van der Waals surface area (Å²) >= 11 is 0. The van der Waals surface area contributed by atoms with Gasteiger partial charge in [-0.3, -0.25) is 0 Å². The number of ether oxygens (including phenoxy) is 2. The van der Waals surface area contributed by atoms with Gasteiger partial charge in [-0.1, -0.05) is 0 Å². The largest absolute Gasteiger partial charge is 0.480 e. The molecule has 0 saturated heterocycles. The Morgan fingerprint density at radius 3 is 2.59 bits per heavy atom. The molecule has 1 rings (SSSR count). The van der Waals surface area contributed by atoms with Gasteiger partial charge in [0.2, 0.25) is 5.88 Å².